The molecule has 2 rings (SSSR count). The van der Waals surface area contributed by atoms with E-state index >= 15 is 0 Å². The number of nitro benzene ring substituents is 1. The van der Waals surface area contributed by atoms with E-state index in [1.54, 1.807) is 12.1 Å². The fourth-order valence-corrected chi connectivity index (χ4v) is 2.74. The Hall–Kier alpha value is -1.29. The monoisotopic (exact) mass is 268 g/mol. The van der Waals surface area contributed by atoms with Gasteiger partial charge in [-0.15, -0.1) is 0 Å². The van der Waals surface area contributed by atoms with Crippen molar-refractivity contribution < 1.29 is 4.92 Å². The maximum absolute atomic E-state index is 10.8. The summed E-state index contributed by atoms with van der Waals surface area (Å²) in [4.78, 5) is 10.4. The van der Waals surface area contributed by atoms with Crippen LogP contribution in [-0.2, 0) is 0 Å². The molecule has 5 heteroatoms. The second-order valence-electron chi connectivity index (χ2n) is 4.85. The molecule has 0 spiro atoms. The molecule has 2 unspecified atom stereocenters. The van der Waals surface area contributed by atoms with Crippen molar-refractivity contribution in [2.45, 2.75) is 38.6 Å². The highest BCUT2D eigenvalue weighted by molar-refractivity contribution is 6.32. The average molecular weight is 269 g/mol. The molecule has 1 aromatic rings. The van der Waals surface area contributed by atoms with Gasteiger partial charge < -0.3 is 5.32 Å². The summed E-state index contributed by atoms with van der Waals surface area (Å²) in [6.45, 7) is 2.21. The highest BCUT2D eigenvalue weighted by Crippen LogP contribution is 2.32. The molecule has 0 heterocycles. The molecule has 1 saturated carbocycles. The molecular formula is C13H17ClN2O2. The Morgan fingerprint density at radius 1 is 1.50 bits per heavy atom. The lowest BCUT2D eigenvalue weighted by Crippen LogP contribution is -2.15. The first-order valence-corrected chi connectivity index (χ1v) is 6.68. The SMILES string of the molecule is CCC1CCC(Nc2ccc(Cl)c([N+](=O)[O-])c2)C1. The summed E-state index contributed by atoms with van der Waals surface area (Å²) >= 11 is 5.78. The Morgan fingerprint density at radius 3 is 2.89 bits per heavy atom. The van der Waals surface area contributed by atoms with Gasteiger partial charge in [0, 0.05) is 17.8 Å². The molecule has 1 aromatic carbocycles. The molecular weight excluding hydrogens is 252 g/mol. The third kappa shape index (κ3) is 2.93. The van der Waals surface area contributed by atoms with Gasteiger partial charge in [0.25, 0.3) is 5.69 Å². The van der Waals surface area contributed by atoms with Gasteiger partial charge in [0.15, 0.2) is 0 Å². The summed E-state index contributed by atoms with van der Waals surface area (Å²) in [6.07, 6.45) is 4.73. The van der Waals surface area contributed by atoms with Gasteiger partial charge in [0.05, 0.1) is 4.92 Å². The van der Waals surface area contributed by atoms with E-state index in [0.29, 0.717) is 6.04 Å². The third-order valence-electron chi connectivity index (χ3n) is 3.63. The molecule has 4 nitrogen and oxygen atoms in total. The van der Waals surface area contributed by atoms with Crippen molar-refractivity contribution in [2.75, 3.05) is 5.32 Å². The van der Waals surface area contributed by atoms with E-state index in [4.69, 9.17) is 11.6 Å². The van der Waals surface area contributed by atoms with Crippen molar-refractivity contribution in [1.82, 2.24) is 0 Å². The molecule has 0 amide bonds. The van der Waals surface area contributed by atoms with Crippen LogP contribution in [0.4, 0.5) is 11.4 Å². The van der Waals surface area contributed by atoms with Crippen molar-refractivity contribution in [3.05, 3.63) is 33.3 Å². The Kier molecular flexibility index (Phi) is 4.07. The number of benzene rings is 1. The first kappa shape index (κ1) is 13.1. The summed E-state index contributed by atoms with van der Waals surface area (Å²) in [5.74, 6) is 0.782. The fourth-order valence-electron chi connectivity index (χ4n) is 2.55. The van der Waals surface area contributed by atoms with Gasteiger partial charge in [-0.05, 0) is 37.3 Å². The first-order chi connectivity index (χ1) is 8.60. The summed E-state index contributed by atoms with van der Waals surface area (Å²) in [6, 6.07) is 5.32. The zero-order valence-electron chi connectivity index (χ0n) is 10.4. The van der Waals surface area contributed by atoms with Crippen molar-refractivity contribution in [2.24, 2.45) is 5.92 Å². The number of anilines is 1. The van der Waals surface area contributed by atoms with Crippen LogP contribution >= 0.6 is 11.6 Å². The standard InChI is InChI=1S/C13H17ClN2O2/c1-2-9-3-4-10(7-9)15-11-5-6-12(14)13(8-11)16(17)18/h5-6,8-10,15H,2-4,7H2,1H3. The van der Waals surface area contributed by atoms with E-state index in [1.807, 2.05) is 0 Å². The van der Waals surface area contributed by atoms with Gasteiger partial charge >= 0.3 is 0 Å². The molecule has 18 heavy (non-hydrogen) atoms. The van der Waals surface area contributed by atoms with Gasteiger partial charge in [0.2, 0.25) is 0 Å². The fraction of sp³-hybridized carbons (Fsp3) is 0.538. The van der Waals surface area contributed by atoms with Crippen LogP contribution in [0.25, 0.3) is 0 Å². The number of nitrogens with one attached hydrogen (secondary N) is 1. The van der Waals surface area contributed by atoms with Crippen LogP contribution in [0.3, 0.4) is 0 Å². The van der Waals surface area contributed by atoms with Crippen LogP contribution in [0.1, 0.15) is 32.6 Å². The molecule has 0 saturated heterocycles. The van der Waals surface area contributed by atoms with Gasteiger partial charge in [-0.3, -0.25) is 10.1 Å². The van der Waals surface area contributed by atoms with Gasteiger partial charge in [0.1, 0.15) is 5.02 Å². The van der Waals surface area contributed by atoms with Crippen LogP contribution in [-0.4, -0.2) is 11.0 Å². The van der Waals surface area contributed by atoms with Crippen LogP contribution in [0.5, 0.6) is 0 Å². The lowest BCUT2D eigenvalue weighted by atomic mass is 10.1. The predicted molar refractivity (Wildman–Crippen MR) is 73.1 cm³/mol. The lowest BCUT2D eigenvalue weighted by Gasteiger charge is -2.14. The van der Waals surface area contributed by atoms with E-state index in [-0.39, 0.29) is 10.7 Å². The molecule has 1 aliphatic carbocycles. The van der Waals surface area contributed by atoms with Crippen molar-refractivity contribution >= 4 is 23.0 Å². The largest absolute Gasteiger partial charge is 0.382 e. The van der Waals surface area contributed by atoms with Crippen LogP contribution in [0.2, 0.25) is 5.02 Å². The van der Waals surface area contributed by atoms with E-state index in [1.165, 1.54) is 18.9 Å². The van der Waals surface area contributed by atoms with Crippen LogP contribution in [0.15, 0.2) is 18.2 Å². The van der Waals surface area contributed by atoms with E-state index in [2.05, 4.69) is 12.2 Å². The molecule has 0 aliphatic heterocycles. The number of nitrogens with zero attached hydrogens (tertiary/aromatic N) is 1. The van der Waals surface area contributed by atoms with Gasteiger partial charge in [-0.1, -0.05) is 24.9 Å². The summed E-state index contributed by atoms with van der Waals surface area (Å²) in [7, 11) is 0. The number of nitro groups is 1. The minimum Gasteiger partial charge on any atom is -0.382 e. The van der Waals surface area contributed by atoms with Crippen molar-refractivity contribution in [3.63, 3.8) is 0 Å². The minimum atomic E-state index is -0.447. The zero-order chi connectivity index (χ0) is 13.1. The van der Waals surface area contributed by atoms with Crippen molar-refractivity contribution in [3.8, 4) is 0 Å². The molecule has 0 aromatic heterocycles. The molecule has 1 N–H and O–H groups in total. The number of halogens is 1. The summed E-state index contributed by atoms with van der Waals surface area (Å²) < 4.78 is 0. The molecule has 0 radical (unpaired) electrons. The summed E-state index contributed by atoms with van der Waals surface area (Å²) in [5, 5.41) is 14.4. The maximum Gasteiger partial charge on any atom is 0.289 e. The second kappa shape index (κ2) is 5.57. The highest BCUT2D eigenvalue weighted by Gasteiger charge is 2.23. The Morgan fingerprint density at radius 2 is 2.28 bits per heavy atom. The molecule has 2 atom stereocenters. The maximum atomic E-state index is 10.8. The number of hydrogen-bond acceptors (Lipinski definition) is 3. The first-order valence-electron chi connectivity index (χ1n) is 6.30. The molecule has 98 valence electrons. The van der Waals surface area contributed by atoms with Crippen LogP contribution in [0, 0.1) is 16.0 Å². The van der Waals surface area contributed by atoms with Crippen molar-refractivity contribution in [1.29, 1.82) is 0 Å². The smallest absolute Gasteiger partial charge is 0.289 e. The Labute approximate surface area is 111 Å². The highest BCUT2D eigenvalue weighted by atomic mass is 35.5. The average Bonchev–Trinajstić information content (AvgIpc) is 2.79. The van der Waals surface area contributed by atoms with Crippen LogP contribution < -0.4 is 5.32 Å². The molecule has 1 aliphatic rings. The molecule has 0 bridgehead atoms. The van der Waals surface area contributed by atoms with Gasteiger partial charge in [-0.25, -0.2) is 0 Å². The zero-order valence-corrected chi connectivity index (χ0v) is 11.1. The topological polar surface area (TPSA) is 55.2 Å². The summed E-state index contributed by atoms with van der Waals surface area (Å²) in [5.41, 5.74) is 0.750. The van der Waals surface area contributed by atoms with E-state index in [9.17, 15) is 10.1 Å². The second-order valence-corrected chi connectivity index (χ2v) is 5.26. The molecule has 1 fully saturated rings. The van der Waals surface area contributed by atoms with E-state index < -0.39 is 4.92 Å². The van der Waals surface area contributed by atoms with Gasteiger partial charge in [-0.2, -0.15) is 0 Å². The predicted octanol–water partition coefficient (Wildman–Crippen LogP) is 4.24. The number of rotatable bonds is 4. The number of hydrogen-bond donors (Lipinski definition) is 1. The Balaban J connectivity index is 2.06. The van der Waals surface area contributed by atoms with E-state index in [0.717, 1.165) is 24.4 Å². The normalized spacial score (nSPS) is 23.0. The quantitative estimate of drug-likeness (QED) is 0.656. The lowest BCUT2D eigenvalue weighted by molar-refractivity contribution is -0.384. The Bertz CT molecular complexity index is 451. The third-order valence-corrected chi connectivity index (χ3v) is 3.95. The minimum absolute atomic E-state index is 0.0355.